The van der Waals surface area contributed by atoms with Gasteiger partial charge in [-0.15, -0.1) is 0 Å². The minimum Gasteiger partial charge on any atom is -0.325 e. The van der Waals surface area contributed by atoms with Gasteiger partial charge in [-0.25, -0.2) is 0 Å². The van der Waals surface area contributed by atoms with Gasteiger partial charge in [0.2, 0.25) is 5.91 Å². The van der Waals surface area contributed by atoms with Crippen LogP contribution in [0.2, 0.25) is 0 Å². The summed E-state index contributed by atoms with van der Waals surface area (Å²) < 4.78 is 1.11. The van der Waals surface area contributed by atoms with E-state index in [1.165, 1.54) is 25.7 Å². The normalized spacial score (nSPS) is 29.5. The molecule has 2 aliphatic carbocycles. The molecule has 1 aromatic carbocycles. The van der Waals surface area contributed by atoms with Crippen LogP contribution in [0, 0.1) is 21.3 Å². The van der Waals surface area contributed by atoms with Gasteiger partial charge in [0.25, 0.3) is 0 Å². The lowest BCUT2D eigenvalue weighted by Gasteiger charge is -2.21. The Morgan fingerprint density at radius 1 is 1.28 bits per heavy atom. The Kier molecular flexibility index (Phi) is 3.59. The van der Waals surface area contributed by atoms with Gasteiger partial charge in [-0.3, -0.25) is 4.79 Å². The standard InChI is InChI=1S/C15H18INO/c16-13-3-1-2-4-14(13)17-15(18)9-12-8-10-5-6-11(12)7-10/h1-4,10-12H,5-9H2,(H,17,18). The van der Waals surface area contributed by atoms with Crippen molar-refractivity contribution in [2.24, 2.45) is 17.8 Å². The molecule has 0 aromatic heterocycles. The van der Waals surface area contributed by atoms with Crippen molar-refractivity contribution < 1.29 is 4.79 Å². The molecule has 18 heavy (non-hydrogen) atoms. The van der Waals surface area contributed by atoms with Crippen molar-refractivity contribution in [1.82, 2.24) is 0 Å². The van der Waals surface area contributed by atoms with Crippen molar-refractivity contribution in [2.75, 3.05) is 5.32 Å². The van der Waals surface area contributed by atoms with Crippen LogP contribution in [-0.4, -0.2) is 5.91 Å². The minimum absolute atomic E-state index is 0.191. The number of hydrogen-bond acceptors (Lipinski definition) is 1. The first-order valence-electron chi connectivity index (χ1n) is 6.77. The molecule has 3 unspecified atom stereocenters. The molecule has 1 N–H and O–H groups in total. The van der Waals surface area contributed by atoms with Gasteiger partial charge >= 0.3 is 0 Å². The van der Waals surface area contributed by atoms with Crippen LogP contribution in [0.25, 0.3) is 0 Å². The summed E-state index contributed by atoms with van der Waals surface area (Å²) in [6.45, 7) is 0. The fourth-order valence-corrected chi connectivity index (χ4v) is 4.15. The molecule has 0 spiro atoms. The van der Waals surface area contributed by atoms with Gasteiger partial charge in [0.05, 0.1) is 5.69 Å². The lowest BCUT2D eigenvalue weighted by Crippen LogP contribution is -2.20. The average molecular weight is 355 g/mol. The highest BCUT2D eigenvalue weighted by molar-refractivity contribution is 14.1. The summed E-state index contributed by atoms with van der Waals surface area (Å²) in [5, 5.41) is 3.05. The monoisotopic (exact) mass is 355 g/mol. The Morgan fingerprint density at radius 2 is 2.11 bits per heavy atom. The molecule has 2 aliphatic rings. The first-order chi connectivity index (χ1) is 8.72. The number of carbonyl (C=O) groups is 1. The van der Waals surface area contributed by atoms with E-state index >= 15 is 0 Å². The number of carbonyl (C=O) groups excluding carboxylic acids is 1. The fourth-order valence-electron chi connectivity index (χ4n) is 3.63. The number of anilines is 1. The van der Waals surface area contributed by atoms with Gasteiger partial charge in [0.1, 0.15) is 0 Å². The molecule has 3 atom stereocenters. The fraction of sp³-hybridized carbons (Fsp3) is 0.533. The minimum atomic E-state index is 0.191. The van der Waals surface area contributed by atoms with Crippen molar-refractivity contribution in [1.29, 1.82) is 0 Å². The molecular formula is C15H18INO. The molecule has 2 nitrogen and oxygen atoms in total. The Hall–Kier alpha value is -0.580. The van der Waals surface area contributed by atoms with Gasteiger partial charge in [-0.1, -0.05) is 18.6 Å². The molecule has 0 saturated heterocycles. The number of amides is 1. The Bertz CT molecular complexity index is 460. The zero-order chi connectivity index (χ0) is 12.5. The van der Waals surface area contributed by atoms with Gasteiger partial charge in [-0.2, -0.15) is 0 Å². The van der Waals surface area contributed by atoms with E-state index in [0.29, 0.717) is 12.3 Å². The van der Waals surface area contributed by atoms with Crippen molar-refractivity contribution in [2.45, 2.75) is 32.1 Å². The number of nitrogens with one attached hydrogen (secondary N) is 1. The number of para-hydroxylation sites is 1. The molecule has 2 fully saturated rings. The highest BCUT2D eigenvalue weighted by atomic mass is 127. The molecule has 96 valence electrons. The van der Waals surface area contributed by atoms with Crippen LogP contribution in [0.5, 0.6) is 0 Å². The quantitative estimate of drug-likeness (QED) is 0.815. The maximum atomic E-state index is 12.1. The third-order valence-corrected chi connectivity index (χ3v) is 5.42. The average Bonchev–Trinajstić information content (AvgIpc) is 2.94. The molecular weight excluding hydrogens is 337 g/mol. The predicted octanol–water partition coefficient (Wildman–Crippen LogP) is 4.06. The zero-order valence-corrected chi connectivity index (χ0v) is 12.5. The van der Waals surface area contributed by atoms with Crippen LogP contribution in [-0.2, 0) is 4.79 Å². The lowest BCUT2D eigenvalue weighted by atomic mass is 9.86. The van der Waals surface area contributed by atoms with E-state index in [0.717, 1.165) is 21.1 Å². The van der Waals surface area contributed by atoms with Gasteiger partial charge in [0, 0.05) is 9.99 Å². The zero-order valence-electron chi connectivity index (χ0n) is 10.4. The van der Waals surface area contributed by atoms with E-state index in [1.54, 1.807) is 0 Å². The highest BCUT2D eigenvalue weighted by Crippen LogP contribution is 2.49. The van der Waals surface area contributed by atoms with Crippen molar-refractivity contribution in [3.63, 3.8) is 0 Å². The summed E-state index contributed by atoms with van der Waals surface area (Å²) in [4.78, 5) is 12.1. The van der Waals surface area contributed by atoms with Crippen LogP contribution >= 0.6 is 22.6 Å². The first-order valence-corrected chi connectivity index (χ1v) is 7.84. The van der Waals surface area contributed by atoms with Crippen LogP contribution in [0.4, 0.5) is 5.69 Å². The molecule has 1 aromatic rings. The lowest BCUT2D eigenvalue weighted by molar-refractivity contribution is -0.117. The Labute approximate surface area is 122 Å². The molecule has 3 heteroatoms. The van der Waals surface area contributed by atoms with E-state index in [-0.39, 0.29) is 5.91 Å². The SMILES string of the molecule is O=C(CC1CC2CCC1C2)Nc1ccccc1I. The molecule has 2 saturated carbocycles. The summed E-state index contributed by atoms with van der Waals surface area (Å²) in [5.41, 5.74) is 0.950. The third kappa shape index (κ3) is 2.56. The largest absolute Gasteiger partial charge is 0.325 e. The van der Waals surface area contributed by atoms with E-state index in [4.69, 9.17) is 0 Å². The summed E-state index contributed by atoms with van der Waals surface area (Å²) in [6.07, 6.45) is 6.13. The van der Waals surface area contributed by atoms with Crippen LogP contribution < -0.4 is 5.32 Å². The van der Waals surface area contributed by atoms with Gasteiger partial charge in [-0.05, 0) is 71.7 Å². The highest BCUT2D eigenvalue weighted by Gasteiger charge is 2.40. The second-order valence-electron chi connectivity index (χ2n) is 5.67. The van der Waals surface area contributed by atoms with E-state index in [1.807, 2.05) is 24.3 Å². The topological polar surface area (TPSA) is 29.1 Å². The van der Waals surface area contributed by atoms with Crippen molar-refractivity contribution in [3.05, 3.63) is 27.8 Å². The first kappa shape index (κ1) is 12.5. The van der Waals surface area contributed by atoms with Crippen molar-refractivity contribution >= 4 is 34.2 Å². The second-order valence-corrected chi connectivity index (χ2v) is 6.83. The number of rotatable bonds is 3. The van der Waals surface area contributed by atoms with Crippen LogP contribution in [0.3, 0.4) is 0 Å². The second kappa shape index (κ2) is 5.19. The molecule has 2 bridgehead atoms. The molecule has 3 rings (SSSR count). The molecule has 0 radical (unpaired) electrons. The maximum Gasteiger partial charge on any atom is 0.224 e. The Balaban J connectivity index is 1.58. The summed E-state index contributed by atoms with van der Waals surface area (Å²) >= 11 is 2.26. The summed E-state index contributed by atoms with van der Waals surface area (Å²) in [5.74, 6) is 2.59. The molecule has 1 amide bonds. The van der Waals surface area contributed by atoms with Crippen LogP contribution in [0.15, 0.2) is 24.3 Å². The number of halogens is 1. The van der Waals surface area contributed by atoms with E-state index in [9.17, 15) is 4.79 Å². The number of hydrogen-bond donors (Lipinski definition) is 1. The third-order valence-electron chi connectivity index (χ3n) is 4.48. The van der Waals surface area contributed by atoms with Crippen LogP contribution in [0.1, 0.15) is 32.1 Å². The summed E-state index contributed by atoms with van der Waals surface area (Å²) in [6, 6.07) is 7.96. The summed E-state index contributed by atoms with van der Waals surface area (Å²) in [7, 11) is 0. The number of fused-ring (bicyclic) bond motifs is 2. The van der Waals surface area contributed by atoms with Crippen molar-refractivity contribution in [3.8, 4) is 0 Å². The smallest absolute Gasteiger partial charge is 0.224 e. The number of benzene rings is 1. The van der Waals surface area contributed by atoms with Gasteiger partial charge < -0.3 is 5.32 Å². The molecule has 0 aliphatic heterocycles. The van der Waals surface area contributed by atoms with E-state index in [2.05, 4.69) is 27.9 Å². The maximum absolute atomic E-state index is 12.1. The Morgan fingerprint density at radius 3 is 2.78 bits per heavy atom. The molecule has 0 heterocycles. The van der Waals surface area contributed by atoms with Gasteiger partial charge in [0.15, 0.2) is 0 Å². The van der Waals surface area contributed by atoms with E-state index < -0.39 is 0 Å². The predicted molar refractivity (Wildman–Crippen MR) is 81.3 cm³/mol.